The Bertz CT molecular complexity index is 917. The van der Waals surface area contributed by atoms with Crippen LogP contribution in [0.5, 0.6) is 0 Å². The Hall–Kier alpha value is -2.63. The van der Waals surface area contributed by atoms with Gasteiger partial charge in [-0.3, -0.25) is 4.79 Å². The Balaban J connectivity index is 0.00000141. The molecule has 0 aromatic heterocycles. The number of aliphatic carboxylic acids is 2. The van der Waals surface area contributed by atoms with Gasteiger partial charge < -0.3 is 15.3 Å². The van der Waals surface area contributed by atoms with Gasteiger partial charge in [-0.25, -0.2) is 4.79 Å². The van der Waals surface area contributed by atoms with E-state index in [1.807, 2.05) is 37.3 Å². The number of carbonyl (C=O) groups is 2. The summed E-state index contributed by atoms with van der Waals surface area (Å²) in [6, 6.07) is 0. The summed E-state index contributed by atoms with van der Waals surface area (Å²) in [5.74, 6) is -0.793. The third-order valence-electron chi connectivity index (χ3n) is 6.79. The topological polar surface area (TPSA) is 94.8 Å². The Morgan fingerprint density at radius 1 is 0.875 bits per heavy atom. The number of hydrogen-bond donors (Lipinski definition) is 3. The van der Waals surface area contributed by atoms with E-state index in [1.54, 1.807) is 6.08 Å². The smallest absolute Gasteiger partial charge is 0.328 e. The zero-order valence-corrected chi connectivity index (χ0v) is 25.6. The first-order valence-electron chi connectivity index (χ1n) is 14.6. The number of rotatable bonds is 16. The maximum atomic E-state index is 10.4. The van der Waals surface area contributed by atoms with Crippen LogP contribution in [-0.4, -0.2) is 33.4 Å². The summed E-state index contributed by atoms with van der Waals surface area (Å²) in [5, 5.41) is 28.0. The van der Waals surface area contributed by atoms with Crippen LogP contribution in [0, 0.1) is 17.8 Å². The number of halogens is 1. The van der Waals surface area contributed by atoms with Gasteiger partial charge in [-0.15, -0.1) is 0 Å². The van der Waals surface area contributed by atoms with E-state index in [2.05, 4.69) is 45.1 Å². The highest BCUT2D eigenvalue weighted by Crippen LogP contribution is 2.23. The van der Waals surface area contributed by atoms with Crippen molar-refractivity contribution in [2.75, 3.05) is 0 Å². The van der Waals surface area contributed by atoms with Crippen LogP contribution in [0.4, 0.5) is 0 Å². The van der Waals surface area contributed by atoms with Crippen molar-refractivity contribution < 1.29 is 24.9 Å². The standard InChI is InChI=1S/C27H39ClO3.C7H12O2/c1-5-22(2)14-8-6-7-9-17-25(29)21-20-24(4)26(28)18-12-10-15-23(3)16-11-13-19-27(30)31;8-7(9)6-4-2-1-3-5-6/h6-8,10-16,18-19,22,24-25,29H,5,9,17,20-21H2,1-4H3,(H,30,31);6H,1-5H2,(H,8,9)/b7-6+,12-10+,14-8+,16-11+,19-13+,23-15+,26-18-;/t22?,24-,25+;/m0./s1. The second kappa shape index (κ2) is 24.2. The molecular weight excluding hydrogens is 524 g/mol. The molecule has 5 nitrogen and oxygen atoms in total. The van der Waals surface area contributed by atoms with E-state index >= 15 is 0 Å². The fourth-order valence-corrected chi connectivity index (χ4v) is 4.03. The molecule has 0 bridgehead atoms. The van der Waals surface area contributed by atoms with Crippen LogP contribution in [0.3, 0.4) is 0 Å². The average Bonchev–Trinajstić information content (AvgIpc) is 2.94. The van der Waals surface area contributed by atoms with E-state index in [4.69, 9.17) is 21.8 Å². The first-order chi connectivity index (χ1) is 19.1. The molecule has 0 amide bonds. The molecule has 40 heavy (non-hydrogen) atoms. The maximum absolute atomic E-state index is 10.4. The number of hydrogen-bond acceptors (Lipinski definition) is 3. The highest BCUT2D eigenvalue weighted by molar-refractivity contribution is 6.29. The molecule has 3 atom stereocenters. The molecule has 1 unspecified atom stereocenters. The Morgan fingerprint density at radius 3 is 2.12 bits per heavy atom. The largest absolute Gasteiger partial charge is 0.481 e. The third-order valence-corrected chi connectivity index (χ3v) is 7.29. The van der Waals surface area contributed by atoms with Crippen molar-refractivity contribution >= 4 is 23.5 Å². The normalized spacial score (nSPS) is 18.1. The van der Waals surface area contributed by atoms with Crippen LogP contribution >= 0.6 is 11.6 Å². The highest BCUT2D eigenvalue weighted by atomic mass is 35.5. The van der Waals surface area contributed by atoms with Gasteiger partial charge >= 0.3 is 11.9 Å². The number of allylic oxidation sites excluding steroid dienone is 13. The van der Waals surface area contributed by atoms with Crippen LogP contribution in [-0.2, 0) is 9.59 Å². The summed E-state index contributed by atoms with van der Waals surface area (Å²) in [6.07, 6.45) is 31.4. The molecule has 0 aromatic carbocycles. The van der Waals surface area contributed by atoms with Gasteiger partial charge in [0.1, 0.15) is 0 Å². The quantitative estimate of drug-likeness (QED) is 0.126. The van der Waals surface area contributed by atoms with Gasteiger partial charge in [0.2, 0.25) is 0 Å². The summed E-state index contributed by atoms with van der Waals surface area (Å²) in [7, 11) is 0. The molecule has 1 aliphatic rings. The summed E-state index contributed by atoms with van der Waals surface area (Å²) in [6.45, 7) is 8.38. The maximum Gasteiger partial charge on any atom is 0.328 e. The van der Waals surface area contributed by atoms with Crippen LogP contribution in [0.1, 0.15) is 91.9 Å². The van der Waals surface area contributed by atoms with Crippen molar-refractivity contribution in [3.8, 4) is 0 Å². The number of carboxylic acid groups (broad SMARTS) is 2. The van der Waals surface area contributed by atoms with Crippen molar-refractivity contribution in [1.29, 1.82) is 0 Å². The van der Waals surface area contributed by atoms with Crippen LogP contribution in [0.2, 0.25) is 0 Å². The van der Waals surface area contributed by atoms with Crippen LogP contribution < -0.4 is 0 Å². The Morgan fingerprint density at radius 2 is 1.52 bits per heavy atom. The molecule has 0 heterocycles. The van der Waals surface area contributed by atoms with E-state index in [0.717, 1.165) is 74.5 Å². The molecule has 1 aliphatic carbocycles. The van der Waals surface area contributed by atoms with Crippen molar-refractivity contribution in [3.63, 3.8) is 0 Å². The van der Waals surface area contributed by atoms with Crippen LogP contribution in [0.25, 0.3) is 0 Å². The van der Waals surface area contributed by atoms with E-state index in [-0.39, 0.29) is 17.9 Å². The molecule has 0 saturated heterocycles. The van der Waals surface area contributed by atoms with Gasteiger partial charge in [-0.05, 0) is 63.4 Å². The second-order valence-electron chi connectivity index (χ2n) is 10.5. The Labute approximate surface area is 247 Å². The van der Waals surface area contributed by atoms with Crippen LogP contribution in [0.15, 0.2) is 83.5 Å². The van der Waals surface area contributed by atoms with Crippen molar-refractivity contribution in [3.05, 3.63) is 83.5 Å². The average molecular weight is 575 g/mol. The van der Waals surface area contributed by atoms with E-state index < -0.39 is 11.9 Å². The second-order valence-corrected chi connectivity index (χ2v) is 10.9. The summed E-state index contributed by atoms with van der Waals surface area (Å²) in [5.41, 5.74) is 0.997. The predicted octanol–water partition coefficient (Wildman–Crippen LogP) is 9.18. The first-order valence-corrected chi connectivity index (χ1v) is 15.0. The zero-order valence-electron chi connectivity index (χ0n) is 24.8. The first kappa shape index (κ1) is 37.4. The molecule has 1 saturated carbocycles. The van der Waals surface area contributed by atoms with Gasteiger partial charge in [0.15, 0.2) is 0 Å². The van der Waals surface area contributed by atoms with Crippen molar-refractivity contribution in [2.45, 2.75) is 98.0 Å². The molecule has 0 aliphatic heterocycles. The lowest BCUT2D eigenvalue weighted by Crippen LogP contribution is -2.16. The molecule has 1 fully saturated rings. The minimum atomic E-state index is -0.964. The monoisotopic (exact) mass is 574 g/mol. The third kappa shape index (κ3) is 22.2. The minimum Gasteiger partial charge on any atom is -0.481 e. The molecule has 3 N–H and O–H groups in total. The molecular formula is C34H51ClO5. The van der Waals surface area contributed by atoms with Crippen molar-refractivity contribution in [1.82, 2.24) is 0 Å². The van der Waals surface area contributed by atoms with Gasteiger partial charge in [0, 0.05) is 11.1 Å². The molecule has 6 heteroatoms. The number of aliphatic hydroxyl groups excluding tert-OH is 1. The summed E-state index contributed by atoms with van der Waals surface area (Å²) in [4.78, 5) is 20.7. The molecule has 1 rings (SSSR count). The number of carboxylic acids is 2. The summed E-state index contributed by atoms with van der Waals surface area (Å²) >= 11 is 6.37. The van der Waals surface area contributed by atoms with Gasteiger partial charge in [0.25, 0.3) is 0 Å². The molecule has 0 spiro atoms. The molecule has 0 radical (unpaired) electrons. The predicted molar refractivity (Wildman–Crippen MR) is 168 cm³/mol. The fourth-order valence-electron chi connectivity index (χ4n) is 3.85. The highest BCUT2D eigenvalue weighted by Gasteiger charge is 2.19. The Kier molecular flexibility index (Phi) is 22.6. The fraction of sp³-hybridized carbons (Fsp3) is 0.529. The zero-order chi connectivity index (χ0) is 30.2. The molecule has 224 valence electrons. The number of aliphatic hydroxyl groups is 1. The minimum absolute atomic E-state index is 0.0289. The van der Waals surface area contributed by atoms with Gasteiger partial charge in [0.05, 0.1) is 12.0 Å². The molecule has 0 aromatic rings. The lowest BCUT2D eigenvalue weighted by Gasteiger charge is -2.16. The lowest BCUT2D eigenvalue weighted by molar-refractivity contribution is -0.142. The summed E-state index contributed by atoms with van der Waals surface area (Å²) < 4.78 is 0. The van der Waals surface area contributed by atoms with Crippen molar-refractivity contribution in [2.24, 2.45) is 17.8 Å². The van der Waals surface area contributed by atoms with E-state index in [0.29, 0.717) is 5.92 Å². The SMILES string of the molecule is CCC(C)/C=C/C=C/CC[C@@H](O)CC[C@H](C)/C(Cl)=C/C=C/C=C(C)/C=C/C=C/C(=O)O.O=C(O)C1CCCCC1. The van der Waals surface area contributed by atoms with Gasteiger partial charge in [-0.1, -0.05) is 124 Å². The lowest BCUT2D eigenvalue weighted by atomic mass is 9.90. The van der Waals surface area contributed by atoms with Gasteiger partial charge in [-0.2, -0.15) is 0 Å². The van der Waals surface area contributed by atoms with E-state index in [9.17, 15) is 14.7 Å². The van der Waals surface area contributed by atoms with E-state index in [1.165, 1.54) is 12.5 Å².